The van der Waals surface area contributed by atoms with Gasteiger partial charge in [0.25, 0.3) is 0 Å². The van der Waals surface area contributed by atoms with Gasteiger partial charge in [0, 0.05) is 37.1 Å². The van der Waals surface area contributed by atoms with E-state index < -0.39 is 0 Å². The molecule has 2 rings (SSSR count). The van der Waals surface area contributed by atoms with Crippen molar-refractivity contribution in [2.75, 3.05) is 19.6 Å². The summed E-state index contributed by atoms with van der Waals surface area (Å²) in [5, 5.41) is 5.61. The first-order valence-corrected chi connectivity index (χ1v) is 5.70. The van der Waals surface area contributed by atoms with Crippen LogP contribution in [0.25, 0.3) is 0 Å². The molecule has 0 aliphatic carbocycles. The molecule has 1 fully saturated rings. The number of hydrogen-bond acceptors (Lipinski definition) is 3. The second-order valence-electron chi connectivity index (χ2n) is 3.67. The average molecular weight is 196 g/mol. The van der Waals surface area contributed by atoms with Crippen LogP contribution in [0, 0.1) is 0 Å². The molecule has 0 radical (unpaired) electrons. The van der Waals surface area contributed by atoms with Crippen LogP contribution in [0.2, 0.25) is 0 Å². The van der Waals surface area contributed by atoms with E-state index in [1.807, 2.05) is 11.3 Å². The van der Waals surface area contributed by atoms with Crippen LogP contribution >= 0.6 is 11.3 Å². The van der Waals surface area contributed by atoms with Crippen LogP contribution in [-0.2, 0) is 6.54 Å². The number of nitrogens with one attached hydrogen (secondary N) is 1. The minimum Gasteiger partial charge on any atom is -0.312 e. The van der Waals surface area contributed by atoms with Gasteiger partial charge in [-0.2, -0.15) is 0 Å². The maximum Gasteiger partial charge on any atom is 0.0329 e. The third-order valence-electron chi connectivity index (χ3n) is 2.41. The summed E-state index contributed by atoms with van der Waals surface area (Å²) in [5.41, 5.74) is 0. The van der Waals surface area contributed by atoms with E-state index in [0.717, 1.165) is 13.1 Å². The highest BCUT2D eigenvalue weighted by Gasteiger charge is 2.15. The molecule has 0 saturated carbocycles. The Hall–Kier alpha value is -0.380. The Morgan fingerprint density at radius 1 is 1.69 bits per heavy atom. The fourth-order valence-corrected chi connectivity index (χ4v) is 2.52. The lowest BCUT2D eigenvalue weighted by molar-refractivity contribution is 0.201. The van der Waals surface area contributed by atoms with E-state index in [9.17, 15) is 0 Å². The first-order chi connectivity index (χ1) is 6.34. The molecule has 1 saturated heterocycles. The Kier molecular flexibility index (Phi) is 2.98. The van der Waals surface area contributed by atoms with Gasteiger partial charge in [-0.25, -0.2) is 0 Å². The van der Waals surface area contributed by atoms with E-state index in [2.05, 4.69) is 34.7 Å². The molecule has 1 aliphatic heterocycles. The van der Waals surface area contributed by atoms with Gasteiger partial charge in [-0.15, -0.1) is 11.3 Å². The molecular weight excluding hydrogens is 180 g/mol. The van der Waals surface area contributed by atoms with Crippen molar-refractivity contribution < 1.29 is 0 Å². The van der Waals surface area contributed by atoms with E-state index in [-0.39, 0.29) is 0 Å². The topological polar surface area (TPSA) is 15.3 Å². The maximum absolute atomic E-state index is 3.45. The van der Waals surface area contributed by atoms with E-state index >= 15 is 0 Å². The summed E-state index contributed by atoms with van der Waals surface area (Å²) in [4.78, 5) is 4.00. The molecule has 1 unspecified atom stereocenters. The zero-order valence-corrected chi connectivity index (χ0v) is 8.81. The Labute approximate surface area is 83.6 Å². The predicted molar refractivity (Wildman–Crippen MR) is 57.1 cm³/mol. The minimum atomic E-state index is 0.647. The van der Waals surface area contributed by atoms with Gasteiger partial charge < -0.3 is 5.32 Å². The van der Waals surface area contributed by atoms with Gasteiger partial charge in [0.2, 0.25) is 0 Å². The molecule has 2 nitrogen and oxygen atoms in total. The first-order valence-electron chi connectivity index (χ1n) is 4.83. The smallest absolute Gasteiger partial charge is 0.0329 e. The second kappa shape index (κ2) is 4.22. The molecule has 72 valence electrons. The summed E-state index contributed by atoms with van der Waals surface area (Å²) in [6.07, 6.45) is 0. The zero-order valence-electron chi connectivity index (χ0n) is 7.99. The number of thiophene rings is 1. The summed E-state index contributed by atoms with van der Waals surface area (Å²) in [6, 6.07) is 5.00. The minimum absolute atomic E-state index is 0.647. The summed E-state index contributed by atoms with van der Waals surface area (Å²) in [7, 11) is 0. The highest BCUT2D eigenvalue weighted by Crippen LogP contribution is 2.12. The van der Waals surface area contributed by atoms with Crippen molar-refractivity contribution in [1.82, 2.24) is 10.2 Å². The molecule has 1 aromatic heterocycles. The van der Waals surface area contributed by atoms with Gasteiger partial charge in [0.05, 0.1) is 0 Å². The Balaban J connectivity index is 1.87. The van der Waals surface area contributed by atoms with Crippen LogP contribution in [0.4, 0.5) is 0 Å². The van der Waals surface area contributed by atoms with Crippen molar-refractivity contribution in [2.45, 2.75) is 19.5 Å². The van der Waals surface area contributed by atoms with Gasteiger partial charge in [-0.1, -0.05) is 6.07 Å². The van der Waals surface area contributed by atoms with Crippen molar-refractivity contribution in [3.8, 4) is 0 Å². The lowest BCUT2D eigenvalue weighted by atomic mass is 10.2. The molecule has 3 heteroatoms. The molecule has 2 heterocycles. The van der Waals surface area contributed by atoms with Crippen molar-refractivity contribution in [1.29, 1.82) is 0 Å². The molecule has 0 spiro atoms. The fraction of sp³-hybridized carbons (Fsp3) is 0.600. The van der Waals surface area contributed by atoms with E-state index in [4.69, 9.17) is 0 Å². The quantitative estimate of drug-likeness (QED) is 0.772. The van der Waals surface area contributed by atoms with Crippen molar-refractivity contribution in [3.05, 3.63) is 22.4 Å². The first kappa shape index (κ1) is 9.19. The molecule has 1 aromatic rings. The van der Waals surface area contributed by atoms with Gasteiger partial charge in [0.15, 0.2) is 0 Å². The summed E-state index contributed by atoms with van der Waals surface area (Å²) >= 11 is 1.86. The predicted octanol–water partition coefficient (Wildman–Crippen LogP) is 1.54. The average Bonchev–Trinajstić information content (AvgIpc) is 2.57. The lowest BCUT2D eigenvalue weighted by Gasteiger charge is -2.31. The van der Waals surface area contributed by atoms with Gasteiger partial charge in [-0.05, 0) is 18.4 Å². The molecule has 1 atom stereocenters. The van der Waals surface area contributed by atoms with Crippen LogP contribution in [0.3, 0.4) is 0 Å². The molecule has 13 heavy (non-hydrogen) atoms. The standard InChI is InChI=1S/C10H16N2S/c1-9-7-12(5-4-11-9)8-10-3-2-6-13-10/h2-3,6,9,11H,4-5,7-8H2,1H3. The van der Waals surface area contributed by atoms with Crippen LogP contribution < -0.4 is 5.32 Å². The van der Waals surface area contributed by atoms with Crippen LogP contribution in [0.15, 0.2) is 17.5 Å². The van der Waals surface area contributed by atoms with Crippen LogP contribution in [0.1, 0.15) is 11.8 Å². The number of piperazine rings is 1. The molecule has 0 aromatic carbocycles. The largest absolute Gasteiger partial charge is 0.312 e. The third kappa shape index (κ3) is 2.53. The van der Waals surface area contributed by atoms with Crippen LogP contribution in [-0.4, -0.2) is 30.6 Å². The molecule has 0 amide bonds. The van der Waals surface area contributed by atoms with Crippen molar-refractivity contribution in [3.63, 3.8) is 0 Å². The van der Waals surface area contributed by atoms with Crippen molar-refractivity contribution >= 4 is 11.3 Å². The highest BCUT2D eigenvalue weighted by atomic mass is 32.1. The maximum atomic E-state index is 3.45. The Morgan fingerprint density at radius 2 is 2.62 bits per heavy atom. The van der Waals surface area contributed by atoms with E-state index in [0.29, 0.717) is 6.04 Å². The molecular formula is C10H16N2S. The van der Waals surface area contributed by atoms with E-state index in [1.54, 1.807) is 0 Å². The number of hydrogen-bond donors (Lipinski definition) is 1. The summed E-state index contributed by atoms with van der Waals surface area (Å²) in [6.45, 7) is 6.87. The highest BCUT2D eigenvalue weighted by molar-refractivity contribution is 7.09. The zero-order chi connectivity index (χ0) is 9.10. The molecule has 0 bridgehead atoms. The van der Waals surface area contributed by atoms with Gasteiger partial charge in [0.1, 0.15) is 0 Å². The number of rotatable bonds is 2. The summed E-state index contributed by atoms with van der Waals surface area (Å²) in [5.74, 6) is 0. The summed E-state index contributed by atoms with van der Waals surface area (Å²) < 4.78 is 0. The van der Waals surface area contributed by atoms with Crippen LogP contribution in [0.5, 0.6) is 0 Å². The Bertz CT molecular complexity index is 245. The molecule has 1 N–H and O–H groups in total. The monoisotopic (exact) mass is 196 g/mol. The third-order valence-corrected chi connectivity index (χ3v) is 3.27. The van der Waals surface area contributed by atoms with Crippen molar-refractivity contribution in [2.24, 2.45) is 0 Å². The lowest BCUT2D eigenvalue weighted by Crippen LogP contribution is -2.48. The van der Waals surface area contributed by atoms with E-state index in [1.165, 1.54) is 18.0 Å². The SMILES string of the molecule is CC1CN(Cc2cccs2)CCN1. The Morgan fingerprint density at radius 3 is 3.31 bits per heavy atom. The normalized spacial score (nSPS) is 24.8. The second-order valence-corrected chi connectivity index (χ2v) is 4.70. The van der Waals surface area contributed by atoms with Gasteiger partial charge >= 0.3 is 0 Å². The number of nitrogens with zero attached hydrogens (tertiary/aromatic N) is 1. The fourth-order valence-electron chi connectivity index (χ4n) is 1.78. The molecule has 1 aliphatic rings. The van der Waals surface area contributed by atoms with Gasteiger partial charge in [-0.3, -0.25) is 4.90 Å².